The average Bonchev–Trinajstić information content (AvgIpc) is 2.33. The molecule has 0 aromatic heterocycles. The summed E-state index contributed by atoms with van der Waals surface area (Å²) in [5.74, 6) is 0.462. The number of alkyl halides is 3. The van der Waals surface area contributed by atoms with E-state index in [1.807, 2.05) is 6.92 Å². The maximum Gasteiger partial charge on any atom is 0.416 e. The molecule has 1 N–H and O–H groups in total. The highest BCUT2D eigenvalue weighted by Crippen LogP contribution is 2.44. The van der Waals surface area contributed by atoms with Gasteiger partial charge in [-0.05, 0) is 42.4 Å². The van der Waals surface area contributed by atoms with E-state index in [-0.39, 0.29) is 5.92 Å². The Morgan fingerprint density at radius 2 is 1.68 bits per heavy atom. The van der Waals surface area contributed by atoms with E-state index >= 15 is 0 Å². The van der Waals surface area contributed by atoms with Gasteiger partial charge in [0.1, 0.15) is 0 Å². The van der Waals surface area contributed by atoms with Crippen molar-refractivity contribution in [3.8, 4) is 0 Å². The monoisotopic (exact) mass is 272 g/mol. The van der Waals surface area contributed by atoms with E-state index in [2.05, 4.69) is 6.92 Å². The van der Waals surface area contributed by atoms with Crippen molar-refractivity contribution in [1.29, 1.82) is 0 Å². The highest BCUT2D eigenvalue weighted by Gasteiger charge is 2.40. The Morgan fingerprint density at radius 1 is 1.11 bits per heavy atom. The van der Waals surface area contributed by atoms with Crippen LogP contribution < -0.4 is 0 Å². The number of hydrogen-bond acceptors (Lipinski definition) is 1. The van der Waals surface area contributed by atoms with Crippen molar-refractivity contribution < 1.29 is 18.3 Å². The van der Waals surface area contributed by atoms with Gasteiger partial charge >= 0.3 is 6.18 Å². The van der Waals surface area contributed by atoms with Gasteiger partial charge in [0, 0.05) is 0 Å². The van der Waals surface area contributed by atoms with Crippen molar-refractivity contribution >= 4 is 0 Å². The van der Waals surface area contributed by atoms with E-state index in [1.54, 1.807) is 0 Å². The SMILES string of the molecule is CC1CCC(C)C(O)(c2ccc(C(F)(F)F)cc2)C1. The second-order valence-electron chi connectivity index (χ2n) is 5.79. The first-order chi connectivity index (χ1) is 8.73. The van der Waals surface area contributed by atoms with Crippen molar-refractivity contribution in [2.45, 2.75) is 44.9 Å². The van der Waals surface area contributed by atoms with E-state index in [0.717, 1.165) is 25.0 Å². The number of benzene rings is 1. The molecule has 3 unspecified atom stereocenters. The molecule has 1 nitrogen and oxygen atoms in total. The summed E-state index contributed by atoms with van der Waals surface area (Å²) < 4.78 is 37.6. The third-order valence-corrected chi connectivity index (χ3v) is 4.28. The highest BCUT2D eigenvalue weighted by atomic mass is 19.4. The minimum atomic E-state index is -4.33. The number of aliphatic hydroxyl groups is 1. The predicted octanol–water partition coefficient (Wildman–Crippen LogP) is 4.35. The fraction of sp³-hybridized carbons (Fsp3) is 0.600. The van der Waals surface area contributed by atoms with Gasteiger partial charge in [-0.15, -0.1) is 0 Å². The third-order valence-electron chi connectivity index (χ3n) is 4.28. The molecule has 2 rings (SSSR count). The van der Waals surface area contributed by atoms with Crippen LogP contribution >= 0.6 is 0 Å². The maximum atomic E-state index is 12.5. The summed E-state index contributed by atoms with van der Waals surface area (Å²) in [6.07, 6.45) is -1.76. The summed E-state index contributed by atoms with van der Waals surface area (Å²) in [5.41, 5.74) is -1.07. The van der Waals surface area contributed by atoms with Gasteiger partial charge in [0.15, 0.2) is 0 Å². The molecule has 1 aliphatic carbocycles. The molecule has 4 heteroatoms. The zero-order valence-electron chi connectivity index (χ0n) is 11.2. The smallest absolute Gasteiger partial charge is 0.385 e. The Kier molecular flexibility index (Phi) is 3.65. The first-order valence-electron chi connectivity index (χ1n) is 6.63. The topological polar surface area (TPSA) is 20.2 Å². The van der Waals surface area contributed by atoms with Crippen molar-refractivity contribution in [2.75, 3.05) is 0 Å². The van der Waals surface area contributed by atoms with Gasteiger partial charge in [0.2, 0.25) is 0 Å². The largest absolute Gasteiger partial charge is 0.416 e. The second kappa shape index (κ2) is 4.82. The van der Waals surface area contributed by atoms with Gasteiger partial charge in [-0.3, -0.25) is 0 Å². The number of rotatable bonds is 1. The molecule has 1 aromatic carbocycles. The summed E-state index contributed by atoms with van der Waals surface area (Å²) in [6, 6.07) is 4.94. The highest BCUT2D eigenvalue weighted by molar-refractivity contribution is 5.29. The molecular weight excluding hydrogens is 253 g/mol. The van der Waals surface area contributed by atoms with Crippen LogP contribution in [-0.2, 0) is 11.8 Å². The fourth-order valence-electron chi connectivity index (χ4n) is 2.96. The van der Waals surface area contributed by atoms with Gasteiger partial charge in [-0.25, -0.2) is 0 Å². The van der Waals surface area contributed by atoms with Crippen molar-refractivity contribution in [3.05, 3.63) is 35.4 Å². The van der Waals surface area contributed by atoms with Gasteiger partial charge in [0.05, 0.1) is 11.2 Å². The Hall–Kier alpha value is -1.03. The lowest BCUT2D eigenvalue weighted by Crippen LogP contribution is -2.39. The Bertz CT molecular complexity index is 438. The van der Waals surface area contributed by atoms with Crippen LogP contribution in [0.2, 0.25) is 0 Å². The summed E-state index contributed by atoms with van der Waals surface area (Å²) >= 11 is 0. The van der Waals surface area contributed by atoms with Gasteiger partial charge in [0.25, 0.3) is 0 Å². The summed E-state index contributed by atoms with van der Waals surface area (Å²) in [6.45, 7) is 4.03. The second-order valence-corrected chi connectivity index (χ2v) is 5.79. The van der Waals surface area contributed by atoms with Crippen LogP contribution in [0.1, 0.15) is 44.2 Å². The van der Waals surface area contributed by atoms with E-state index in [4.69, 9.17) is 0 Å². The van der Waals surface area contributed by atoms with Crippen LogP contribution in [0.25, 0.3) is 0 Å². The molecule has 106 valence electrons. The molecule has 0 radical (unpaired) electrons. The molecule has 0 aliphatic heterocycles. The molecule has 1 aliphatic rings. The molecule has 0 saturated heterocycles. The molecule has 1 aromatic rings. The lowest BCUT2D eigenvalue weighted by Gasteiger charge is -2.41. The Labute approximate surface area is 111 Å². The van der Waals surface area contributed by atoms with Crippen LogP contribution in [0, 0.1) is 11.8 Å². The molecule has 0 heterocycles. The van der Waals surface area contributed by atoms with Crippen LogP contribution in [0.15, 0.2) is 24.3 Å². The number of halogens is 3. The van der Waals surface area contributed by atoms with E-state index < -0.39 is 17.3 Å². The molecule has 0 spiro atoms. The standard InChI is InChI=1S/C15H19F3O/c1-10-3-4-11(2)14(19,9-10)12-5-7-13(8-6-12)15(16,17)18/h5-8,10-11,19H,3-4,9H2,1-2H3. The zero-order chi connectivity index (χ0) is 14.3. The molecule has 0 bridgehead atoms. The summed E-state index contributed by atoms with van der Waals surface area (Å²) in [7, 11) is 0. The normalized spacial score (nSPS) is 32.3. The minimum Gasteiger partial charge on any atom is -0.385 e. The van der Waals surface area contributed by atoms with Crippen LogP contribution in [0.3, 0.4) is 0 Å². The van der Waals surface area contributed by atoms with Crippen LogP contribution in [0.5, 0.6) is 0 Å². The Morgan fingerprint density at radius 3 is 2.21 bits per heavy atom. The Balaban J connectivity index is 2.30. The molecule has 19 heavy (non-hydrogen) atoms. The molecule has 1 saturated carbocycles. The van der Waals surface area contributed by atoms with E-state index in [9.17, 15) is 18.3 Å². The third kappa shape index (κ3) is 2.78. The van der Waals surface area contributed by atoms with Crippen molar-refractivity contribution in [2.24, 2.45) is 11.8 Å². The maximum absolute atomic E-state index is 12.5. The first-order valence-corrected chi connectivity index (χ1v) is 6.63. The fourth-order valence-corrected chi connectivity index (χ4v) is 2.96. The van der Waals surface area contributed by atoms with E-state index in [0.29, 0.717) is 17.9 Å². The van der Waals surface area contributed by atoms with Gasteiger partial charge in [-0.1, -0.05) is 32.4 Å². The molecule has 0 amide bonds. The van der Waals surface area contributed by atoms with Crippen molar-refractivity contribution in [1.82, 2.24) is 0 Å². The predicted molar refractivity (Wildman–Crippen MR) is 67.5 cm³/mol. The van der Waals surface area contributed by atoms with E-state index in [1.165, 1.54) is 12.1 Å². The summed E-state index contributed by atoms with van der Waals surface area (Å²) in [5, 5.41) is 10.8. The van der Waals surface area contributed by atoms with Crippen molar-refractivity contribution in [3.63, 3.8) is 0 Å². The van der Waals surface area contributed by atoms with Crippen LogP contribution in [0.4, 0.5) is 13.2 Å². The van der Waals surface area contributed by atoms with Gasteiger partial charge < -0.3 is 5.11 Å². The van der Waals surface area contributed by atoms with Crippen LogP contribution in [-0.4, -0.2) is 5.11 Å². The molecule has 1 fully saturated rings. The summed E-state index contributed by atoms with van der Waals surface area (Å²) in [4.78, 5) is 0. The van der Waals surface area contributed by atoms with Gasteiger partial charge in [-0.2, -0.15) is 13.2 Å². The molecular formula is C15H19F3O. The lowest BCUT2D eigenvalue weighted by atomic mass is 9.69. The first kappa shape index (κ1) is 14.4. The lowest BCUT2D eigenvalue weighted by molar-refractivity contribution is -0.137. The zero-order valence-corrected chi connectivity index (χ0v) is 11.2. The molecule has 3 atom stereocenters. The quantitative estimate of drug-likeness (QED) is 0.806. The average molecular weight is 272 g/mol. The minimum absolute atomic E-state index is 0.0698. The number of hydrogen-bond donors (Lipinski definition) is 1.